The third-order valence-electron chi connectivity index (χ3n) is 7.12. The van der Waals surface area contributed by atoms with Crippen molar-refractivity contribution in [1.29, 1.82) is 0 Å². The maximum atomic E-state index is 6.36. The van der Waals surface area contributed by atoms with Gasteiger partial charge in [0.1, 0.15) is 23.0 Å². The summed E-state index contributed by atoms with van der Waals surface area (Å²) in [5, 5.41) is 4.54. The number of rotatable bonds is 4. The normalized spacial score (nSPS) is 11.6. The average molecular weight is 504 g/mol. The molecule has 0 aliphatic rings. The van der Waals surface area contributed by atoms with Crippen LogP contribution in [-0.2, 0) is 0 Å². The van der Waals surface area contributed by atoms with Crippen molar-refractivity contribution in [1.82, 2.24) is 24.1 Å². The summed E-state index contributed by atoms with van der Waals surface area (Å²) in [6, 6.07) is 38.7. The Morgan fingerprint density at radius 3 is 2.03 bits per heavy atom. The van der Waals surface area contributed by atoms with Gasteiger partial charge >= 0.3 is 0 Å². The second kappa shape index (κ2) is 8.53. The summed E-state index contributed by atoms with van der Waals surface area (Å²) in [5.74, 6) is 2.82. The van der Waals surface area contributed by atoms with Crippen molar-refractivity contribution in [3.63, 3.8) is 0 Å². The van der Waals surface area contributed by atoms with Crippen LogP contribution in [-0.4, -0.2) is 24.1 Å². The molecule has 0 aliphatic carbocycles. The van der Waals surface area contributed by atoms with E-state index in [4.69, 9.17) is 9.72 Å². The third kappa shape index (κ3) is 3.39. The smallest absolute Gasteiger partial charge is 0.221 e. The first kappa shape index (κ1) is 21.6. The van der Waals surface area contributed by atoms with Crippen LogP contribution in [0.15, 0.2) is 128 Å². The molecule has 8 aromatic rings. The Bertz CT molecular complexity index is 2110. The van der Waals surface area contributed by atoms with Gasteiger partial charge in [0.2, 0.25) is 5.88 Å². The summed E-state index contributed by atoms with van der Waals surface area (Å²) in [4.78, 5) is 14.2. The maximum absolute atomic E-state index is 6.36. The molecule has 5 heterocycles. The Hall–Kier alpha value is -5.49. The fourth-order valence-electron chi connectivity index (χ4n) is 5.48. The van der Waals surface area contributed by atoms with Crippen molar-refractivity contribution in [2.24, 2.45) is 0 Å². The highest BCUT2D eigenvalue weighted by Gasteiger charge is 2.16. The van der Waals surface area contributed by atoms with Gasteiger partial charge in [0, 0.05) is 46.1 Å². The standard InChI is InChI=1S/C33H21N5O/c1-3-12-27-23(9-1)25-18-17-22(21-29(25)37(27)30-14-5-6-19-34-30)39-32-16-7-15-31(36-32)38-28-13-4-2-10-24(28)26-11-8-20-35-33(26)38/h1-21H. The summed E-state index contributed by atoms with van der Waals surface area (Å²) in [7, 11) is 0. The molecule has 0 saturated heterocycles. The second-order valence-electron chi connectivity index (χ2n) is 9.38. The van der Waals surface area contributed by atoms with Gasteiger partial charge < -0.3 is 4.74 Å². The molecule has 3 aromatic carbocycles. The molecule has 0 fully saturated rings. The number of fused-ring (bicyclic) bond motifs is 6. The number of nitrogens with zero attached hydrogens (tertiary/aromatic N) is 5. The molecule has 0 saturated carbocycles. The van der Waals surface area contributed by atoms with Crippen molar-refractivity contribution in [2.45, 2.75) is 0 Å². The number of pyridine rings is 3. The fraction of sp³-hybridized carbons (Fsp3) is 0. The van der Waals surface area contributed by atoms with E-state index >= 15 is 0 Å². The van der Waals surface area contributed by atoms with Crippen LogP contribution in [0.25, 0.3) is 55.4 Å². The van der Waals surface area contributed by atoms with Crippen LogP contribution in [0.4, 0.5) is 0 Å². The van der Waals surface area contributed by atoms with E-state index < -0.39 is 0 Å². The summed E-state index contributed by atoms with van der Waals surface area (Å²) >= 11 is 0. The topological polar surface area (TPSA) is 57.8 Å². The minimum Gasteiger partial charge on any atom is -0.439 e. The van der Waals surface area contributed by atoms with Crippen LogP contribution < -0.4 is 4.74 Å². The third-order valence-corrected chi connectivity index (χ3v) is 7.12. The van der Waals surface area contributed by atoms with Crippen LogP contribution in [0.5, 0.6) is 11.6 Å². The Kier molecular flexibility index (Phi) is 4.72. The summed E-state index contributed by atoms with van der Waals surface area (Å²) in [6.45, 7) is 0. The minimum atomic E-state index is 0.509. The van der Waals surface area contributed by atoms with E-state index in [1.807, 2.05) is 73.1 Å². The number of hydrogen-bond donors (Lipinski definition) is 0. The number of para-hydroxylation sites is 2. The van der Waals surface area contributed by atoms with E-state index in [1.165, 1.54) is 5.39 Å². The van der Waals surface area contributed by atoms with E-state index in [9.17, 15) is 0 Å². The lowest BCUT2D eigenvalue weighted by molar-refractivity contribution is 0.463. The molecule has 0 spiro atoms. The lowest BCUT2D eigenvalue weighted by atomic mass is 10.1. The Morgan fingerprint density at radius 2 is 1.18 bits per heavy atom. The highest BCUT2D eigenvalue weighted by atomic mass is 16.5. The first-order chi connectivity index (χ1) is 19.3. The lowest BCUT2D eigenvalue weighted by Crippen LogP contribution is -2.00. The molecule has 6 heteroatoms. The van der Waals surface area contributed by atoms with Gasteiger partial charge in [-0.3, -0.25) is 9.13 Å². The van der Waals surface area contributed by atoms with Gasteiger partial charge in [-0.1, -0.05) is 48.5 Å². The van der Waals surface area contributed by atoms with Crippen LogP contribution in [0.3, 0.4) is 0 Å². The van der Waals surface area contributed by atoms with Crippen LogP contribution in [0.1, 0.15) is 0 Å². The first-order valence-electron chi connectivity index (χ1n) is 12.8. The second-order valence-corrected chi connectivity index (χ2v) is 9.38. The highest BCUT2D eigenvalue weighted by Crippen LogP contribution is 2.35. The molecule has 0 radical (unpaired) electrons. The monoisotopic (exact) mass is 503 g/mol. The van der Waals surface area contributed by atoms with Crippen molar-refractivity contribution in [3.8, 4) is 23.3 Å². The maximum Gasteiger partial charge on any atom is 0.221 e. The molecular weight excluding hydrogens is 482 g/mol. The van der Waals surface area contributed by atoms with Crippen LogP contribution >= 0.6 is 0 Å². The number of benzene rings is 3. The predicted molar refractivity (Wildman–Crippen MR) is 155 cm³/mol. The molecule has 5 aromatic heterocycles. The molecule has 0 aliphatic heterocycles. The summed E-state index contributed by atoms with van der Waals surface area (Å²) in [6.07, 6.45) is 3.63. The number of ether oxygens (including phenoxy) is 1. The van der Waals surface area contributed by atoms with Crippen molar-refractivity contribution < 1.29 is 4.74 Å². The Balaban J connectivity index is 1.25. The van der Waals surface area contributed by atoms with Gasteiger partial charge in [-0.25, -0.2) is 9.97 Å². The molecule has 0 unspecified atom stereocenters. The van der Waals surface area contributed by atoms with Crippen molar-refractivity contribution >= 4 is 43.7 Å². The van der Waals surface area contributed by atoms with Gasteiger partial charge in [-0.2, -0.15) is 4.98 Å². The number of hydrogen-bond acceptors (Lipinski definition) is 4. The molecule has 8 rings (SSSR count). The summed E-state index contributed by atoms with van der Waals surface area (Å²) < 4.78 is 10.6. The van der Waals surface area contributed by atoms with Gasteiger partial charge in [0.05, 0.1) is 16.6 Å². The van der Waals surface area contributed by atoms with Crippen molar-refractivity contribution in [2.75, 3.05) is 0 Å². The van der Waals surface area contributed by atoms with Gasteiger partial charge in [-0.15, -0.1) is 0 Å². The van der Waals surface area contributed by atoms with E-state index in [1.54, 1.807) is 0 Å². The van der Waals surface area contributed by atoms with E-state index in [-0.39, 0.29) is 0 Å². The van der Waals surface area contributed by atoms with Crippen molar-refractivity contribution in [3.05, 3.63) is 128 Å². The minimum absolute atomic E-state index is 0.509. The van der Waals surface area contributed by atoms with Crippen LogP contribution in [0.2, 0.25) is 0 Å². The zero-order valence-electron chi connectivity index (χ0n) is 20.8. The van der Waals surface area contributed by atoms with E-state index in [0.29, 0.717) is 11.6 Å². The van der Waals surface area contributed by atoms with Gasteiger partial charge in [0.15, 0.2) is 0 Å². The van der Waals surface area contributed by atoms with Gasteiger partial charge in [0.25, 0.3) is 0 Å². The zero-order valence-corrected chi connectivity index (χ0v) is 20.8. The molecule has 0 atom stereocenters. The molecule has 0 amide bonds. The average Bonchev–Trinajstić information content (AvgIpc) is 3.50. The largest absolute Gasteiger partial charge is 0.439 e. The quantitative estimate of drug-likeness (QED) is 0.245. The predicted octanol–water partition coefficient (Wildman–Crippen LogP) is 7.86. The van der Waals surface area contributed by atoms with Crippen LogP contribution in [0, 0.1) is 0 Å². The Labute approximate surface area is 223 Å². The van der Waals surface area contributed by atoms with E-state index in [2.05, 4.69) is 73.7 Å². The number of aromatic nitrogens is 5. The Morgan fingerprint density at radius 1 is 0.487 bits per heavy atom. The molecule has 6 nitrogen and oxygen atoms in total. The molecule has 0 bridgehead atoms. The molecular formula is C33H21N5O. The lowest BCUT2D eigenvalue weighted by Gasteiger charge is -2.10. The van der Waals surface area contributed by atoms with E-state index in [0.717, 1.165) is 50.0 Å². The zero-order chi connectivity index (χ0) is 25.8. The van der Waals surface area contributed by atoms with Gasteiger partial charge in [-0.05, 0) is 54.6 Å². The first-order valence-corrected chi connectivity index (χ1v) is 12.8. The molecule has 39 heavy (non-hydrogen) atoms. The SMILES string of the molecule is c1ccc(-n2c3ccccc3c3ccc(Oc4cccc(-n5c6ccccc6c6cccnc65)n4)cc32)nc1. The summed E-state index contributed by atoms with van der Waals surface area (Å²) in [5.41, 5.74) is 4.04. The molecule has 0 N–H and O–H groups in total. The fourth-order valence-corrected chi connectivity index (χ4v) is 5.48. The molecule has 184 valence electrons. The highest BCUT2D eigenvalue weighted by molar-refractivity contribution is 6.09.